The van der Waals surface area contributed by atoms with Crippen LogP contribution in [0.2, 0.25) is 0 Å². The van der Waals surface area contributed by atoms with Gasteiger partial charge < -0.3 is 5.32 Å². The van der Waals surface area contributed by atoms with Crippen LogP contribution in [0.5, 0.6) is 0 Å². The van der Waals surface area contributed by atoms with Crippen molar-refractivity contribution in [3.8, 4) is 5.69 Å². The highest BCUT2D eigenvalue weighted by Gasteiger charge is 2.25. The van der Waals surface area contributed by atoms with Crippen LogP contribution in [0.25, 0.3) is 5.69 Å². The predicted molar refractivity (Wildman–Crippen MR) is 127 cm³/mol. The number of nitrogens with zero attached hydrogens (tertiary/aromatic N) is 4. The van der Waals surface area contributed by atoms with Gasteiger partial charge in [-0.2, -0.15) is 0 Å². The van der Waals surface area contributed by atoms with Crippen molar-refractivity contribution in [3.05, 3.63) is 58.3 Å². The Hall–Kier alpha value is -2.23. The second-order valence-corrected chi connectivity index (χ2v) is 9.87. The van der Waals surface area contributed by atoms with Crippen molar-refractivity contribution in [1.82, 2.24) is 25.0 Å². The number of hydrogen-bond acceptors (Lipinski definition) is 6. The van der Waals surface area contributed by atoms with E-state index in [1.54, 1.807) is 23.5 Å². The van der Waals surface area contributed by atoms with Crippen LogP contribution < -0.4 is 5.32 Å². The van der Waals surface area contributed by atoms with Crippen LogP contribution in [0.15, 0.2) is 46.9 Å². The molecule has 1 saturated heterocycles. The van der Waals surface area contributed by atoms with E-state index in [1.807, 2.05) is 16.0 Å². The Balaban J connectivity index is 1.46. The first-order valence-electron chi connectivity index (χ1n) is 11.0. The minimum Gasteiger partial charge on any atom is -0.355 e. The summed E-state index contributed by atoms with van der Waals surface area (Å²) in [6.07, 6.45) is 4.46. The van der Waals surface area contributed by atoms with Crippen LogP contribution >= 0.6 is 23.1 Å². The summed E-state index contributed by atoms with van der Waals surface area (Å²) in [5.74, 6) is 0.749. The molecule has 0 radical (unpaired) electrons. The SMILES string of the molecule is C[C@@H](c1nnc(SCC(=O)NCCc2cccs2)n1-c1ccc(F)cc1)N1CCCCC1. The summed E-state index contributed by atoms with van der Waals surface area (Å²) in [7, 11) is 0. The minimum atomic E-state index is -0.285. The van der Waals surface area contributed by atoms with E-state index in [9.17, 15) is 9.18 Å². The molecule has 2 aromatic heterocycles. The van der Waals surface area contributed by atoms with Crippen molar-refractivity contribution in [2.24, 2.45) is 0 Å². The van der Waals surface area contributed by atoms with Crippen molar-refractivity contribution in [3.63, 3.8) is 0 Å². The molecule has 170 valence electrons. The van der Waals surface area contributed by atoms with Crippen LogP contribution in [-0.4, -0.2) is 51.0 Å². The van der Waals surface area contributed by atoms with Crippen LogP contribution in [0.4, 0.5) is 4.39 Å². The summed E-state index contributed by atoms with van der Waals surface area (Å²) in [6, 6.07) is 10.5. The molecular weight excluding hydrogens is 445 g/mol. The molecule has 6 nitrogen and oxygen atoms in total. The second kappa shape index (κ2) is 11.1. The molecule has 3 heterocycles. The van der Waals surface area contributed by atoms with Crippen LogP contribution in [-0.2, 0) is 11.2 Å². The van der Waals surface area contributed by atoms with Gasteiger partial charge in [0.25, 0.3) is 0 Å². The van der Waals surface area contributed by atoms with Gasteiger partial charge in [0.05, 0.1) is 11.8 Å². The largest absolute Gasteiger partial charge is 0.355 e. The Morgan fingerprint density at radius 3 is 2.69 bits per heavy atom. The zero-order valence-corrected chi connectivity index (χ0v) is 19.8. The molecule has 1 aromatic carbocycles. The van der Waals surface area contributed by atoms with Crippen molar-refractivity contribution < 1.29 is 9.18 Å². The van der Waals surface area contributed by atoms with Crippen molar-refractivity contribution in [2.45, 2.75) is 43.8 Å². The number of thioether (sulfide) groups is 1. The highest BCUT2D eigenvalue weighted by molar-refractivity contribution is 7.99. The van der Waals surface area contributed by atoms with E-state index in [0.717, 1.165) is 31.0 Å². The maximum atomic E-state index is 13.5. The molecule has 1 aliphatic rings. The summed E-state index contributed by atoms with van der Waals surface area (Å²) in [5, 5.41) is 14.5. The first kappa shape index (κ1) is 22.9. The van der Waals surface area contributed by atoms with Crippen LogP contribution in [0.1, 0.15) is 42.9 Å². The topological polar surface area (TPSA) is 63.1 Å². The van der Waals surface area contributed by atoms with E-state index < -0.39 is 0 Å². The monoisotopic (exact) mass is 473 g/mol. The number of hydrogen-bond donors (Lipinski definition) is 1. The molecule has 1 N–H and O–H groups in total. The van der Waals surface area contributed by atoms with E-state index in [-0.39, 0.29) is 23.5 Å². The predicted octanol–water partition coefficient (Wildman–Crippen LogP) is 4.47. The number of benzene rings is 1. The fraction of sp³-hybridized carbons (Fsp3) is 0.435. The standard InChI is InChI=1S/C23H28FN5OS2/c1-17(28-13-3-2-4-14-28)22-26-27-23(29(22)19-9-7-18(24)8-10-19)32-16-21(30)25-12-11-20-6-5-15-31-20/h5-10,15,17H,2-4,11-14,16H2,1H3,(H,25,30)/t17-/m0/s1. The van der Waals surface area contributed by atoms with Gasteiger partial charge in [0.2, 0.25) is 5.91 Å². The van der Waals surface area contributed by atoms with Gasteiger partial charge in [0.15, 0.2) is 11.0 Å². The third-order valence-electron chi connectivity index (χ3n) is 5.66. The minimum absolute atomic E-state index is 0.0363. The van der Waals surface area contributed by atoms with Gasteiger partial charge in [0, 0.05) is 17.1 Å². The van der Waals surface area contributed by atoms with Crippen molar-refractivity contribution in [2.75, 3.05) is 25.4 Å². The normalized spacial score (nSPS) is 15.6. The number of aromatic nitrogens is 3. The Labute approximate surface area is 196 Å². The lowest BCUT2D eigenvalue weighted by Gasteiger charge is -2.31. The summed E-state index contributed by atoms with van der Waals surface area (Å²) in [6.45, 7) is 4.82. The van der Waals surface area contributed by atoms with Crippen molar-refractivity contribution in [1.29, 1.82) is 0 Å². The van der Waals surface area contributed by atoms with E-state index in [1.165, 1.54) is 48.0 Å². The molecule has 4 rings (SSSR count). The van der Waals surface area contributed by atoms with Gasteiger partial charge in [-0.3, -0.25) is 14.3 Å². The number of carbonyl (C=O) groups is 1. The van der Waals surface area contributed by atoms with E-state index >= 15 is 0 Å². The first-order chi connectivity index (χ1) is 15.6. The molecule has 9 heteroatoms. The Bertz CT molecular complexity index is 1000. The fourth-order valence-electron chi connectivity index (χ4n) is 3.91. The Morgan fingerprint density at radius 1 is 1.19 bits per heavy atom. The highest BCUT2D eigenvalue weighted by Crippen LogP contribution is 2.29. The number of piperidine rings is 1. The maximum Gasteiger partial charge on any atom is 0.230 e. The van der Waals surface area contributed by atoms with Gasteiger partial charge in [-0.25, -0.2) is 4.39 Å². The van der Waals surface area contributed by atoms with Gasteiger partial charge in [-0.1, -0.05) is 24.2 Å². The zero-order valence-electron chi connectivity index (χ0n) is 18.2. The van der Waals surface area contributed by atoms with E-state index in [4.69, 9.17) is 0 Å². The molecule has 0 aliphatic carbocycles. The number of rotatable bonds is 9. The first-order valence-corrected chi connectivity index (χ1v) is 12.9. The number of carbonyl (C=O) groups excluding carboxylic acids is 1. The number of nitrogens with one attached hydrogen (secondary N) is 1. The molecule has 0 unspecified atom stereocenters. The average Bonchev–Trinajstić information content (AvgIpc) is 3.48. The lowest BCUT2D eigenvalue weighted by molar-refractivity contribution is -0.118. The zero-order chi connectivity index (χ0) is 22.3. The summed E-state index contributed by atoms with van der Waals surface area (Å²) in [4.78, 5) is 16.1. The van der Waals surface area contributed by atoms with E-state index in [0.29, 0.717) is 11.7 Å². The van der Waals surface area contributed by atoms with Gasteiger partial charge in [-0.15, -0.1) is 21.5 Å². The molecule has 3 aromatic rings. The number of halogens is 1. The average molecular weight is 474 g/mol. The van der Waals surface area contributed by atoms with Gasteiger partial charge in [0.1, 0.15) is 5.82 Å². The maximum absolute atomic E-state index is 13.5. The Kier molecular flexibility index (Phi) is 7.94. The summed E-state index contributed by atoms with van der Waals surface area (Å²) < 4.78 is 15.5. The molecule has 0 saturated carbocycles. The van der Waals surface area contributed by atoms with Crippen LogP contribution in [0.3, 0.4) is 0 Å². The Morgan fingerprint density at radius 2 is 1.97 bits per heavy atom. The smallest absolute Gasteiger partial charge is 0.230 e. The summed E-state index contributed by atoms with van der Waals surface area (Å²) in [5.41, 5.74) is 0.802. The lowest BCUT2D eigenvalue weighted by atomic mass is 10.1. The number of thiophene rings is 1. The third kappa shape index (κ3) is 5.76. The summed E-state index contributed by atoms with van der Waals surface area (Å²) >= 11 is 3.05. The molecule has 1 aliphatic heterocycles. The van der Waals surface area contributed by atoms with Crippen molar-refractivity contribution >= 4 is 29.0 Å². The highest BCUT2D eigenvalue weighted by atomic mass is 32.2. The number of amides is 1. The second-order valence-electron chi connectivity index (χ2n) is 7.89. The van der Waals surface area contributed by atoms with Crippen LogP contribution in [0, 0.1) is 5.82 Å². The quantitative estimate of drug-likeness (QED) is 0.465. The molecular formula is C23H28FN5OS2. The van der Waals surface area contributed by atoms with E-state index in [2.05, 4.69) is 33.4 Å². The molecule has 1 amide bonds. The molecule has 1 fully saturated rings. The van der Waals surface area contributed by atoms with Gasteiger partial charge in [-0.05, 0) is 75.0 Å². The molecule has 32 heavy (non-hydrogen) atoms. The third-order valence-corrected chi connectivity index (χ3v) is 7.53. The van der Waals surface area contributed by atoms with Gasteiger partial charge >= 0.3 is 0 Å². The fourth-order valence-corrected chi connectivity index (χ4v) is 5.41. The number of likely N-dealkylation sites (tertiary alicyclic amines) is 1. The molecule has 0 spiro atoms. The lowest BCUT2D eigenvalue weighted by Crippen LogP contribution is -2.33. The molecule has 0 bridgehead atoms. The molecule has 1 atom stereocenters.